The summed E-state index contributed by atoms with van der Waals surface area (Å²) in [5, 5.41) is 3.58. The summed E-state index contributed by atoms with van der Waals surface area (Å²) >= 11 is 0. The van der Waals surface area contributed by atoms with E-state index in [1.807, 2.05) is 6.92 Å². The summed E-state index contributed by atoms with van der Waals surface area (Å²) in [5.41, 5.74) is 0. The van der Waals surface area contributed by atoms with Gasteiger partial charge in [0.2, 0.25) is 0 Å². The summed E-state index contributed by atoms with van der Waals surface area (Å²) in [6.45, 7) is 7.56. The zero-order valence-electron chi connectivity index (χ0n) is 9.77. The number of hydrogen-bond donors (Lipinski definition) is 1. The molecule has 1 saturated carbocycles. The first-order valence-electron chi connectivity index (χ1n) is 5.90. The van der Waals surface area contributed by atoms with Crippen LogP contribution in [0.1, 0.15) is 46.5 Å². The first-order chi connectivity index (χ1) is 6.77. The Balaban J connectivity index is 2.43. The molecule has 14 heavy (non-hydrogen) atoms. The van der Waals surface area contributed by atoms with Crippen LogP contribution in [-0.2, 0) is 0 Å². The minimum Gasteiger partial charge on any atom is -0.313 e. The van der Waals surface area contributed by atoms with E-state index in [9.17, 15) is 0 Å². The maximum absolute atomic E-state index is 3.58. The minimum atomic E-state index is 0.636. The molecule has 0 bridgehead atoms. The zero-order chi connectivity index (χ0) is 10.4. The average molecular weight is 193 g/mol. The molecule has 1 N–H and O–H groups in total. The first kappa shape index (κ1) is 11.6. The molecular weight excluding hydrogens is 170 g/mol. The summed E-state index contributed by atoms with van der Waals surface area (Å²) in [4.78, 5) is 0. The van der Waals surface area contributed by atoms with Crippen LogP contribution in [0.4, 0.5) is 0 Å². The lowest BCUT2D eigenvalue weighted by molar-refractivity contribution is 0.361. The average Bonchev–Trinajstić information content (AvgIpc) is 2.59. The Morgan fingerprint density at radius 3 is 2.71 bits per heavy atom. The third-order valence-electron chi connectivity index (χ3n) is 3.27. The van der Waals surface area contributed by atoms with Crippen LogP contribution in [-0.4, -0.2) is 12.6 Å². The van der Waals surface area contributed by atoms with Crippen LogP contribution in [0.15, 0.2) is 0 Å². The van der Waals surface area contributed by atoms with E-state index < -0.39 is 0 Å². The third-order valence-corrected chi connectivity index (χ3v) is 3.27. The Bertz CT molecular complexity index is 211. The molecule has 0 spiro atoms. The second-order valence-corrected chi connectivity index (χ2v) is 4.47. The smallest absolute Gasteiger partial charge is 0.0245 e. The van der Waals surface area contributed by atoms with E-state index in [-0.39, 0.29) is 0 Å². The largest absolute Gasteiger partial charge is 0.313 e. The molecule has 1 rings (SSSR count). The molecule has 1 heteroatoms. The van der Waals surface area contributed by atoms with E-state index in [0.29, 0.717) is 6.04 Å². The highest BCUT2D eigenvalue weighted by Crippen LogP contribution is 2.33. The van der Waals surface area contributed by atoms with Crippen molar-refractivity contribution in [2.75, 3.05) is 6.54 Å². The van der Waals surface area contributed by atoms with Gasteiger partial charge in [0.25, 0.3) is 0 Å². The molecular formula is C13H23N. The van der Waals surface area contributed by atoms with E-state index in [0.717, 1.165) is 24.8 Å². The molecule has 0 amide bonds. The molecule has 3 atom stereocenters. The summed E-state index contributed by atoms with van der Waals surface area (Å²) in [6.07, 6.45) is 5.22. The van der Waals surface area contributed by atoms with E-state index in [4.69, 9.17) is 0 Å². The van der Waals surface area contributed by atoms with Crippen molar-refractivity contribution in [3.63, 3.8) is 0 Å². The maximum Gasteiger partial charge on any atom is 0.0245 e. The molecule has 3 unspecified atom stereocenters. The van der Waals surface area contributed by atoms with Crippen molar-refractivity contribution in [1.29, 1.82) is 0 Å². The summed E-state index contributed by atoms with van der Waals surface area (Å²) in [5.74, 6) is 8.01. The molecule has 1 aliphatic rings. The van der Waals surface area contributed by atoms with Crippen molar-refractivity contribution >= 4 is 0 Å². The van der Waals surface area contributed by atoms with Gasteiger partial charge in [-0.3, -0.25) is 0 Å². The second kappa shape index (κ2) is 6.09. The summed E-state index contributed by atoms with van der Waals surface area (Å²) in [6, 6.07) is 0.636. The summed E-state index contributed by atoms with van der Waals surface area (Å²) < 4.78 is 0. The van der Waals surface area contributed by atoms with Gasteiger partial charge in [0.05, 0.1) is 0 Å². The number of nitrogens with one attached hydrogen (secondary N) is 1. The molecule has 1 nitrogen and oxygen atoms in total. The van der Waals surface area contributed by atoms with E-state index in [1.165, 1.54) is 19.3 Å². The number of rotatable bonds is 4. The maximum atomic E-state index is 3.58. The third kappa shape index (κ3) is 3.35. The monoisotopic (exact) mass is 193 g/mol. The van der Waals surface area contributed by atoms with Crippen molar-refractivity contribution in [1.82, 2.24) is 5.32 Å². The van der Waals surface area contributed by atoms with Crippen molar-refractivity contribution in [3.05, 3.63) is 0 Å². The van der Waals surface area contributed by atoms with E-state index in [1.54, 1.807) is 0 Å². The van der Waals surface area contributed by atoms with Gasteiger partial charge in [-0.2, -0.15) is 0 Å². The fourth-order valence-corrected chi connectivity index (χ4v) is 2.50. The van der Waals surface area contributed by atoms with E-state index in [2.05, 4.69) is 31.0 Å². The van der Waals surface area contributed by atoms with Gasteiger partial charge in [-0.25, -0.2) is 0 Å². The Kier molecular flexibility index (Phi) is 5.04. The lowest BCUT2D eigenvalue weighted by Gasteiger charge is -2.22. The van der Waals surface area contributed by atoms with Crippen molar-refractivity contribution in [3.8, 4) is 11.8 Å². The van der Waals surface area contributed by atoms with Crippen LogP contribution in [0.3, 0.4) is 0 Å². The van der Waals surface area contributed by atoms with Crippen LogP contribution < -0.4 is 5.32 Å². The highest BCUT2D eigenvalue weighted by atomic mass is 14.9. The van der Waals surface area contributed by atoms with Gasteiger partial charge in [-0.05, 0) is 38.1 Å². The predicted octanol–water partition coefficient (Wildman–Crippen LogP) is 2.81. The van der Waals surface area contributed by atoms with E-state index >= 15 is 0 Å². The van der Waals surface area contributed by atoms with Gasteiger partial charge in [0.15, 0.2) is 0 Å². The topological polar surface area (TPSA) is 12.0 Å². The van der Waals surface area contributed by atoms with Crippen molar-refractivity contribution in [2.24, 2.45) is 11.8 Å². The molecule has 0 saturated heterocycles. The Morgan fingerprint density at radius 2 is 2.21 bits per heavy atom. The molecule has 80 valence electrons. The van der Waals surface area contributed by atoms with Gasteiger partial charge < -0.3 is 5.32 Å². The van der Waals surface area contributed by atoms with Gasteiger partial charge in [0.1, 0.15) is 0 Å². The fraction of sp³-hybridized carbons (Fsp3) is 0.846. The van der Waals surface area contributed by atoms with Gasteiger partial charge in [-0.15, -0.1) is 11.8 Å². The lowest BCUT2D eigenvalue weighted by atomic mass is 9.94. The SMILES string of the molecule is CC#CCC(NCC)C1CCC(C)C1. The van der Waals surface area contributed by atoms with Gasteiger partial charge in [0, 0.05) is 12.5 Å². The van der Waals surface area contributed by atoms with Crippen LogP contribution in [0.25, 0.3) is 0 Å². The molecule has 0 aliphatic heterocycles. The van der Waals surface area contributed by atoms with Crippen molar-refractivity contribution < 1.29 is 0 Å². The molecule has 1 fully saturated rings. The highest BCUT2D eigenvalue weighted by Gasteiger charge is 2.27. The van der Waals surface area contributed by atoms with Gasteiger partial charge in [-0.1, -0.05) is 20.3 Å². The normalized spacial score (nSPS) is 28.2. The standard InChI is InChI=1S/C13H23N/c1-4-6-7-13(14-5-2)12-9-8-11(3)10-12/h11-14H,5,7-10H2,1-3H3. The predicted molar refractivity (Wildman–Crippen MR) is 62.0 cm³/mol. The molecule has 0 aromatic heterocycles. The van der Waals surface area contributed by atoms with Crippen molar-refractivity contribution in [2.45, 2.75) is 52.5 Å². The second-order valence-electron chi connectivity index (χ2n) is 4.47. The zero-order valence-corrected chi connectivity index (χ0v) is 9.77. The molecule has 1 aliphatic carbocycles. The number of hydrogen-bond acceptors (Lipinski definition) is 1. The molecule has 0 aromatic carbocycles. The van der Waals surface area contributed by atoms with Gasteiger partial charge >= 0.3 is 0 Å². The lowest BCUT2D eigenvalue weighted by Crippen LogP contribution is -2.34. The Labute approximate surface area is 88.7 Å². The fourth-order valence-electron chi connectivity index (χ4n) is 2.50. The first-order valence-corrected chi connectivity index (χ1v) is 5.90. The molecule has 0 heterocycles. The van der Waals surface area contributed by atoms with Crippen LogP contribution >= 0.6 is 0 Å². The van der Waals surface area contributed by atoms with Crippen LogP contribution in [0.2, 0.25) is 0 Å². The molecule has 0 radical (unpaired) electrons. The quantitative estimate of drug-likeness (QED) is 0.677. The Morgan fingerprint density at radius 1 is 1.43 bits per heavy atom. The Hall–Kier alpha value is -0.480. The van der Waals surface area contributed by atoms with Crippen LogP contribution in [0, 0.1) is 23.7 Å². The minimum absolute atomic E-state index is 0.636. The molecule has 0 aromatic rings. The summed E-state index contributed by atoms with van der Waals surface area (Å²) in [7, 11) is 0. The highest BCUT2D eigenvalue weighted by molar-refractivity contribution is 5.00. The van der Waals surface area contributed by atoms with Crippen LogP contribution in [0.5, 0.6) is 0 Å².